The van der Waals surface area contributed by atoms with Crippen LogP contribution in [0.1, 0.15) is 28.3 Å². The molecule has 0 saturated heterocycles. The van der Waals surface area contributed by atoms with Gasteiger partial charge >= 0.3 is 0 Å². The van der Waals surface area contributed by atoms with E-state index >= 15 is 0 Å². The maximum Gasteiger partial charge on any atom is 0.128 e. The minimum Gasteiger partial charge on any atom is -0.383 e. The van der Waals surface area contributed by atoms with E-state index in [1.165, 1.54) is 5.56 Å². The van der Waals surface area contributed by atoms with E-state index in [4.69, 9.17) is 5.73 Å². The van der Waals surface area contributed by atoms with Crippen LogP contribution in [0, 0.1) is 13.8 Å². The summed E-state index contributed by atoms with van der Waals surface area (Å²) in [5, 5.41) is 3.31. The smallest absolute Gasteiger partial charge is 0.128 e. The Labute approximate surface area is 122 Å². The van der Waals surface area contributed by atoms with Gasteiger partial charge in [-0.15, -0.1) is 0 Å². The van der Waals surface area contributed by atoms with E-state index in [-0.39, 0.29) is 6.04 Å². The van der Waals surface area contributed by atoms with Gasteiger partial charge < -0.3 is 11.1 Å². The lowest BCUT2D eigenvalue weighted by molar-refractivity contribution is 0.687. The second-order valence-electron chi connectivity index (χ2n) is 4.73. The number of hydrogen-bond donors (Lipinski definition) is 2. The van der Waals surface area contributed by atoms with E-state index < -0.39 is 0 Å². The molecule has 19 heavy (non-hydrogen) atoms. The molecule has 1 aromatic carbocycles. The lowest BCUT2D eigenvalue weighted by atomic mass is 9.97. The predicted molar refractivity (Wildman–Crippen MR) is 83.2 cm³/mol. The van der Waals surface area contributed by atoms with Crippen molar-refractivity contribution in [3.8, 4) is 0 Å². The molecule has 0 bridgehead atoms. The topological polar surface area (TPSA) is 50.9 Å². The lowest BCUT2D eigenvalue weighted by Gasteiger charge is -2.20. The second-order valence-corrected chi connectivity index (χ2v) is 5.59. The molecule has 1 unspecified atom stereocenters. The molecule has 1 aromatic heterocycles. The molecule has 0 amide bonds. The van der Waals surface area contributed by atoms with Crippen molar-refractivity contribution >= 4 is 21.7 Å². The summed E-state index contributed by atoms with van der Waals surface area (Å²) in [5.74, 6) is 0.567. The molecule has 0 aliphatic carbocycles. The molecule has 0 aliphatic heterocycles. The predicted octanol–water partition coefficient (Wildman–Crippen LogP) is 3.35. The molecular formula is C15H18BrN3. The quantitative estimate of drug-likeness (QED) is 0.912. The molecule has 1 heterocycles. The maximum atomic E-state index is 6.02. The number of pyridine rings is 1. The van der Waals surface area contributed by atoms with Crippen LogP contribution in [0.25, 0.3) is 0 Å². The Morgan fingerprint density at radius 3 is 2.53 bits per heavy atom. The van der Waals surface area contributed by atoms with Crippen molar-refractivity contribution in [2.24, 2.45) is 0 Å². The zero-order valence-electron chi connectivity index (χ0n) is 11.4. The highest BCUT2D eigenvalue weighted by atomic mass is 79.9. The van der Waals surface area contributed by atoms with Gasteiger partial charge in [0.15, 0.2) is 0 Å². The Bertz CT molecular complexity index is 596. The van der Waals surface area contributed by atoms with E-state index in [1.807, 2.05) is 14.0 Å². The monoisotopic (exact) mass is 319 g/mol. The van der Waals surface area contributed by atoms with Gasteiger partial charge in [-0.2, -0.15) is 0 Å². The second kappa shape index (κ2) is 5.72. The van der Waals surface area contributed by atoms with E-state index in [2.05, 4.69) is 57.4 Å². The minimum absolute atomic E-state index is 0.0300. The highest BCUT2D eigenvalue weighted by Gasteiger charge is 2.18. The van der Waals surface area contributed by atoms with Gasteiger partial charge in [0.1, 0.15) is 5.82 Å². The first-order valence-corrected chi connectivity index (χ1v) is 6.97. The molecule has 0 fully saturated rings. The summed E-state index contributed by atoms with van der Waals surface area (Å²) in [7, 11) is 1.93. The fraction of sp³-hybridized carbons (Fsp3) is 0.267. The Balaban J connectivity index is 2.52. The van der Waals surface area contributed by atoms with E-state index in [0.717, 1.165) is 21.2 Å². The summed E-state index contributed by atoms with van der Waals surface area (Å²) in [6.07, 6.45) is 1.79. The number of anilines is 1. The number of nitrogens with zero attached hydrogens (tertiary/aromatic N) is 1. The first kappa shape index (κ1) is 14.0. The van der Waals surface area contributed by atoms with E-state index in [9.17, 15) is 0 Å². The van der Waals surface area contributed by atoms with Crippen LogP contribution < -0.4 is 11.1 Å². The molecule has 3 N–H and O–H groups in total. The van der Waals surface area contributed by atoms with E-state index in [1.54, 1.807) is 6.20 Å². The molecule has 4 heteroatoms. The molecule has 2 aromatic rings. The highest BCUT2D eigenvalue weighted by Crippen LogP contribution is 2.31. The first-order valence-electron chi connectivity index (χ1n) is 6.18. The number of hydrogen-bond acceptors (Lipinski definition) is 3. The molecule has 2 rings (SSSR count). The number of nitrogens with two attached hydrogens (primary N) is 1. The first-order chi connectivity index (χ1) is 9.02. The van der Waals surface area contributed by atoms with Crippen molar-refractivity contribution in [3.63, 3.8) is 0 Å². The van der Waals surface area contributed by atoms with Crippen molar-refractivity contribution in [2.45, 2.75) is 19.9 Å². The normalized spacial score (nSPS) is 12.4. The average molecular weight is 320 g/mol. The SMILES string of the molecule is CNC(c1ccc(C)cc1Br)c1cc(C)cnc1N. The third-order valence-corrected chi connectivity index (χ3v) is 3.84. The molecule has 1 atom stereocenters. The molecule has 0 saturated carbocycles. The summed E-state index contributed by atoms with van der Waals surface area (Å²) in [4.78, 5) is 4.24. The van der Waals surface area contributed by atoms with Gasteiger partial charge in [0.2, 0.25) is 0 Å². The maximum absolute atomic E-state index is 6.02. The summed E-state index contributed by atoms with van der Waals surface area (Å²) < 4.78 is 1.08. The Hall–Kier alpha value is -1.39. The third-order valence-electron chi connectivity index (χ3n) is 3.15. The number of rotatable bonds is 3. The van der Waals surface area contributed by atoms with Crippen molar-refractivity contribution in [1.82, 2.24) is 10.3 Å². The Morgan fingerprint density at radius 2 is 1.89 bits per heavy atom. The average Bonchev–Trinajstić information content (AvgIpc) is 2.36. The molecule has 0 spiro atoms. The molecule has 3 nitrogen and oxygen atoms in total. The summed E-state index contributed by atoms with van der Waals surface area (Å²) in [6, 6.07) is 8.43. The van der Waals surface area contributed by atoms with Gasteiger partial charge in [0.05, 0.1) is 6.04 Å². The van der Waals surface area contributed by atoms with Crippen LogP contribution in [0.5, 0.6) is 0 Å². The van der Waals surface area contributed by atoms with Gasteiger partial charge in [-0.1, -0.05) is 28.1 Å². The summed E-state index contributed by atoms with van der Waals surface area (Å²) >= 11 is 3.63. The van der Waals surface area contributed by atoms with Gasteiger partial charge in [0.25, 0.3) is 0 Å². The lowest BCUT2D eigenvalue weighted by Crippen LogP contribution is -2.20. The highest BCUT2D eigenvalue weighted by molar-refractivity contribution is 9.10. The van der Waals surface area contributed by atoms with Gasteiger partial charge in [-0.25, -0.2) is 4.98 Å². The largest absolute Gasteiger partial charge is 0.383 e. The van der Waals surface area contributed by atoms with Crippen LogP contribution in [-0.2, 0) is 0 Å². The van der Waals surface area contributed by atoms with Crippen LogP contribution in [0.2, 0.25) is 0 Å². The Morgan fingerprint density at radius 1 is 1.16 bits per heavy atom. The van der Waals surface area contributed by atoms with Gasteiger partial charge in [-0.3, -0.25) is 0 Å². The fourth-order valence-electron chi connectivity index (χ4n) is 2.18. The van der Waals surface area contributed by atoms with Crippen LogP contribution >= 0.6 is 15.9 Å². The number of nitrogen functional groups attached to an aromatic ring is 1. The van der Waals surface area contributed by atoms with Gasteiger partial charge in [-0.05, 0) is 49.7 Å². The summed E-state index contributed by atoms with van der Waals surface area (Å²) in [5.41, 5.74) is 10.5. The van der Waals surface area contributed by atoms with Gasteiger partial charge in [0, 0.05) is 16.2 Å². The standard InChI is InChI=1S/C15H18BrN3/c1-9-4-5-11(13(16)7-9)14(18-3)12-6-10(2)8-19-15(12)17/h4-8,14,18H,1-3H3,(H2,17,19). The Kier molecular flexibility index (Phi) is 4.22. The van der Waals surface area contributed by atoms with Crippen molar-refractivity contribution < 1.29 is 0 Å². The number of aryl methyl sites for hydroxylation is 2. The van der Waals surface area contributed by atoms with Crippen molar-refractivity contribution in [3.05, 3.63) is 57.2 Å². The summed E-state index contributed by atoms with van der Waals surface area (Å²) in [6.45, 7) is 4.10. The number of aromatic nitrogens is 1. The van der Waals surface area contributed by atoms with Crippen molar-refractivity contribution in [1.29, 1.82) is 0 Å². The van der Waals surface area contributed by atoms with Crippen LogP contribution in [0.3, 0.4) is 0 Å². The number of benzene rings is 1. The minimum atomic E-state index is 0.0300. The van der Waals surface area contributed by atoms with Crippen molar-refractivity contribution in [2.75, 3.05) is 12.8 Å². The zero-order valence-corrected chi connectivity index (χ0v) is 13.0. The zero-order chi connectivity index (χ0) is 14.0. The number of halogens is 1. The molecule has 0 radical (unpaired) electrons. The molecule has 100 valence electrons. The van der Waals surface area contributed by atoms with E-state index in [0.29, 0.717) is 5.82 Å². The van der Waals surface area contributed by atoms with Crippen LogP contribution in [-0.4, -0.2) is 12.0 Å². The molecule has 0 aliphatic rings. The van der Waals surface area contributed by atoms with Crippen LogP contribution in [0.4, 0.5) is 5.82 Å². The third kappa shape index (κ3) is 2.96. The van der Waals surface area contributed by atoms with Crippen LogP contribution in [0.15, 0.2) is 34.9 Å². The fourth-order valence-corrected chi connectivity index (χ4v) is 2.90. The molecular weight excluding hydrogens is 302 g/mol. The number of nitrogens with one attached hydrogen (secondary N) is 1.